The summed E-state index contributed by atoms with van der Waals surface area (Å²) in [5.41, 5.74) is 9.59. The normalized spacial score (nSPS) is 12.4. The van der Waals surface area contributed by atoms with E-state index >= 15 is 0 Å². The highest BCUT2D eigenvalue weighted by Gasteiger charge is 2.11. The Morgan fingerprint density at radius 1 is 1.32 bits per heavy atom. The molecule has 1 heterocycles. The standard InChI is InChI=1S/C15H21N3O/c1-11-8-14(18(2)17-11)10-13(16)9-12-6-4-5-7-15(12)19-3/h4-8,13H,9-10,16H2,1-3H3. The van der Waals surface area contributed by atoms with Crippen molar-refractivity contribution in [1.82, 2.24) is 9.78 Å². The minimum absolute atomic E-state index is 0.0612. The van der Waals surface area contributed by atoms with Crippen molar-refractivity contribution in [1.29, 1.82) is 0 Å². The molecule has 0 radical (unpaired) electrons. The zero-order valence-electron chi connectivity index (χ0n) is 11.8. The van der Waals surface area contributed by atoms with E-state index in [1.54, 1.807) is 7.11 Å². The lowest BCUT2D eigenvalue weighted by atomic mass is 10.0. The van der Waals surface area contributed by atoms with Gasteiger partial charge in [0.2, 0.25) is 0 Å². The summed E-state index contributed by atoms with van der Waals surface area (Å²) in [4.78, 5) is 0. The molecule has 4 heteroatoms. The van der Waals surface area contributed by atoms with E-state index in [1.165, 1.54) is 5.69 Å². The molecule has 0 aliphatic rings. The molecule has 1 aromatic heterocycles. The fraction of sp³-hybridized carbons (Fsp3) is 0.400. The van der Waals surface area contributed by atoms with Crippen LogP contribution in [0.15, 0.2) is 30.3 Å². The van der Waals surface area contributed by atoms with Crippen molar-refractivity contribution in [3.05, 3.63) is 47.3 Å². The van der Waals surface area contributed by atoms with E-state index in [1.807, 2.05) is 36.9 Å². The van der Waals surface area contributed by atoms with Gasteiger partial charge in [0.25, 0.3) is 0 Å². The van der Waals surface area contributed by atoms with Crippen LogP contribution in [0, 0.1) is 6.92 Å². The van der Waals surface area contributed by atoms with Crippen LogP contribution in [-0.2, 0) is 19.9 Å². The second kappa shape index (κ2) is 5.89. The van der Waals surface area contributed by atoms with Crippen LogP contribution in [0.4, 0.5) is 0 Å². The summed E-state index contributed by atoms with van der Waals surface area (Å²) >= 11 is 0. The van der Waals surface area contributed by atoms with Crippen LogP contribution in [0.25, 0.3) is 0 Å². The molecule has 2 aromatic rings. The zero-order valence-corrected chi connectivity index (χ0v) is 11.8. The topological polar surface area (TPSA) is 53.1 Å². The lowest BCUT2D eigenvalue weighted by Crippen LogP contribution is -2.26. The second-order valence-electron chi connectivity index (χ2n) is 4.88. The van der Waals surface area contributed by atoms with Gasteiger partial charge in [-0.3, -0.25) is 4.68 Å². The van der Waals surface area contributed by atoms with Crippen molar-refractivity contribution in [2.24, 2.45) is 12.8 Å². The van der Waals surface area contributed by atoms with Crippen molar-refractivity contribution >= 4 is 0 Å². The number of rotatable bonds is 5. The Hall–Kier alpha value is -1.81. The number of methoxy groups -OCH3 is 1. The van der Waals surface area contributed by atoms with Gasteiger partial charge in [0, 0.05) is 25.2 Å². The van der Waals surface area contributed by atoms with E-state index in [-0.39, 0.29) is 6.04 Å². The molecule has 0 amide bonds. The first kappa shape index (κ1) is 13.6. The summed E-state index contributed by atoms with van der Waals surface area (Å²) in [6, 6.07) is 10.2. The van der Waals surface area contributed by atoms with Crippen molar-refractivity contribution in [3.8, 4) is 5.75 Å². The van der Waals surface area contributed by atoms with Gasteiger partial charge in [0.1, 0.15) is 5.75 Å². The molecular weight excluding hydrogens is 238 g/mol. The van der Waals surface area contributed by atoms with E-state index in [0.29, 0.717) is 0 Å². The fourth-order valence-corrected chi connectivity index (χ4v) is 2.35. The first-order valence-corrected chi connectivity index (χ1v) is 6.47. The average molecular weight is 259 g/mol. The van der Waals surface area contributed by atoms with Gasteiger partial charge in [0.05, 0.1) is 12.8 Å². The van der Waals surface area contributed by atoms with Gasteiger partial charge in [-0.15, -0.1) is 0 Å². The Bertz CT molecular complexity index is 548. The van der Waals surface area contributed by atoms with E-state index in [9.17, 15) is 0 Å². The molecule has 0 fully saturated rings. The number of nitrogens with two attached hydrogens (primary N) is 1. The third kappa shape index (κ3) is 3.35. The van der Waals surface area contributed by atoms with Gasteiger partial charge in [-0.25, -0.2) is 0 Å². The van der Waals surface area contributed by atoms with E-state index in [0.717, 1.165) is 29.8 Å². The summed E-state index contributed by atoms with van der Waals surface area (Å²) in [6.07, 6.45) is 1.61. The predicted molar refractivity (Wildman–Crippen MR) is 76.3 cm³/mol. The molecule has 0 aliphatic heterocycles. The molecule has 0 spiro atoms. The van der Waals surface area contributed by atoms with Crippen LogP contribution in [0.5, 0.6) is 5.75 Å². The van der Waals surface area contributed by atoms with Crippen LogP contribution in [0.1, 0.15) is 17.0 Å². The monoisotopic (exact) mass is 259 g/mol. The van der Waals surface area contributed by atoms with Gasteiger partial charge in [-0.1, -0.05) is 18.2 Å². The highest BCUT2D eigenvalue weighted by molar-refractivity contribution is 5.34. The predicted octanol–water partition coefficient (Wildman–Crippen LogP) is 1.85. The number of nitrogens with zero attached hydrogens (tertiary/aromatic N) is 2. The number of aromatic nitrogens is 2. The molecule has 2 N–H and O–H groups in total. The van der Waals surface area contributed by atoms with Gasteiger partial charge in [0.15, 0.2) is 0 Å². The Morgan fingerprint density at radius 2 is 2.05 bits per heavy atom. The molecule has 0 aliphatic carbocycles. The van der Waals surface area contributed by atoms with Crippen molar-refractivity contribution in [2.75, 3.05) is 7.11 Å². The third-order valence-electron chi connectivity index (χ3n) is 3.24. The molecule has 1 atom stereocenters. The highest BCUT2D eigenvalue weighted by atomic mass is 16.5. The Balaban J connectivity index is 2.05. The maximum absolute atomic E-state index is 6.24. The second-order valence-corrected chi connectivity index (χ2v) is 4.88. The van der Waals surface area contributed by atoms with Gasteiger partial charge >= 0.3 is 0 Å². The lowest BCUT2D eigenvalue weighted by molar-refractivity contribution is 0.407. The summed E-state index contributed by atoms with van der Waals surface area (Å²) in [5, 5.41) is 4.34. The zero-order chi connectivity index (χ0) is 13.8. The number of benzene rings is 1. The van der Waals surface area contributed by atoms with Crippen LogP contribution < -0.4 is 10.5 Å². The van der Waals surface area contributed by atoms with Crippen molar-refractivity contribution in [3.63, 3.8) is 0 Å². The molecule has 2 rings (SSSR count). The maximum atomic E-state index is 6.24. The van der Waals surface area contributed by atoms with Gasteiger partial charge < -0.3 is 10.5 Å². The quantitative estimate of drug-likeness (QED) is 0.891. The molecular formula is C15H21N3O. The molecule has 1 unspecified atom stereocenters. The fourth-order valence-electron chi connectivity index (χ4n) is 2.35. The third-order valence-corrected chi connectivity index (χ3v) is 3.24. The summed E-state index contributed by atoms with van der Waals surface area (Å²) in [5.74, 6) is 0.902. The van der Waals surface area contributed by atoms with E-state index < -0.39 is 0 Å². The van der Waals surface area contributed by atoms with Crippen LogP contribution in [-0.4, -0.2) is 22.9 Å². The Morgan fingerprint density at radius 3 is 2.68 bits per heavy atom. The van der Waals surface area contributed by atoms with Gasteiger partial charge in [-0.05, 0) is 31.0 Å². The minimum atomic E-state index is 0.0612. The van der Waals surface area contributed by atoms with Crippen molar-refractivity contribution < 1.29 is 4.74 Å². The largest absolute Gasteiger partial charge is 0.496 e. The first-order chi connectivity index (χ1) is 9.10. The maximum Gasteiger partial charge on any atom is 0.122 e. The summed E-state index contributed by atoms with van der Waals surface area (Å²) in [6.45, 7) is 2.00. The number of hydrogen-bond donors (Lipinski definition) is 1. The molecule has 0 bridgehead atoms. The SMILES string of the molecule is COc1ccccc1CC(N)Cc1cc(C)nn1C. The molecule has 1 aromatic carbocycles. The number of ether oxygens (including phenoxy) is 1. The summed E-state index contributed by atoms with van der Waals surface area (Å²) in [7, 11) is 3.65. The number of hydrogen-bond acceptors (Lipinski definition) is 3. The van der Waals surface area contributed by atoms with Crippen LogP contribution in [0.2, 0.25) is 0 Å². The van der Waals surface area contributed by atoms with Gasteiger partial charge in [-0.2, -0.15) is 5.10 Å². The average Bonchev–Trinajstić information content (AvgIpc) is 2.68. The number of aryl methyl sites for hydroxylation is 2. The molecule has 0 saturated heterocycles. The Labute approximate surface area is 114 Å². The minimum Gasteiger partial charge on any atom is -0.496 e. The molecule has 4 nitrogen and oxygen atoms in total. The molecule has 102 valence electrons. The smallest absolute Gasteiger partial charge is 0.122 e. The first-order valence-electron chi connectivity index (χ1n) is 6.47. The van der Waals surface area contributed by atoms with Crippen LogP contribution in [0.3, 0.4) is 0 Å². The summed E-state index contributed by atoms with van der Waals surface area (Å²) < 4.78 is 7.25. The van der Waals surface area contributed by atoms with E-state index in [4.69, 9.17) is 10.5 Å². The molecule has 0 saturated carbocycles. The number of para-hydroxylation sites is 1. The molecule has 19 heavy (non-hydrogen) atoms. The highest BCUT2D eigenvalue weighted by Crippen LogP contribution is 2.19. The van der Waals surface area contributed by atoms with Crippen molar-refractivity contribution in [2.45, 2.75) is 25.8 Å². The Kier molecular flexibility index (Phi) is 4.22. The van der Waals surface area contributed by atoms with Crippen LogP contribution >= 0.6 is 0 Å². The van der Waals surface area contributed by atoms with E-state index in [2.05, 4.69) is 17.2 Å². The lowest BCUT2D eigenvalue weighted by Gasteiger charge is -2.14.